The van der Waals surface area contributed by atoms with Gasteiger partial charge in [0.05, 0.1) is 5.25 Å². The maximum absolute atomic E-state index is 12.3. The molecule has 0 saturated heterocycles. The van der Waals surface area contributed by atoms with Gasteiger partial charge in [0.2, 0.25) is 17.0 Å². The number of aromatic amines is 1. The number of H-pyrrole nitrogens is 1. The number of rotatable bonds is 4. The number of nitrogens with two attached hydrogens (primary N) is 1. The van der Waals surface area contributed by atoms with Crippen LogP contribution in [-0.4, -0.2) is 26.3 Å². The summed E-state index contributed by atoms with van der Waals surface area (Å²) in [5, 5.41) is 9.59. The SMILES string of the molecule is Cc1cc(C)c(NC(=O)[C@H](C)Sc2n[nH]c(N)n2)c(C)c1. The van der Waals surface area contributed by atoms with Crippen molar-refractivity contribution < 1.29 is 4.79 Å². The number of hydrogen-bond acceptors (Lipinski definition) is 5. The molecule has 4 N–H and O–H groups in total. The van der Waals surface area contributed by atoms with Crippen LogP contribution in [0.25, 0.3) is 0 Å². The minimum Gasteiger partial charge on any atom is -0.368 e. The van der Waals surface area contributed by atoms with E-state index < -0.39 is 0 Å². The second kappa shape index (κ2) is 6.17. The molecule has 2 rings (SSSR count). The second-order valence-electron chi connectivity index (χ2n) is 5.03. The third kappa shape index (κ3) is 3.75. The Balaban J connectivity index is 2.07. The van der Waals surface area contributed by atoms with Crippen molar-refractivity contribution in [2.45, 2.75) is 38.1 Å². The van der Waals surface area contributed by atoms with Crippen molar-refractivity contribution in [2.24, 2.45) is 0 Å². The van der Waals surface area contributed by atoms with E-state index in [1.807, 2.05) is 27.7 Å². The zero-order valence-corrected chi connectivity index (χ0v) is 13.3. The van der Waals surface area contributed by atoms with E-state index in [1.165, 1.54) is 17.3 Å². The summed E-state index contributed by atoms with van der Waals surface area (Å²) >= 11 is 1.26. The molecule has 0 aliphatic carbocycles. The first kappa shape index (κ1) is 15.4. The number of carbonyl (C=O) groups excluding carboxylic acids is 1. The summed E-state index contributed by atoms with van der Waals surface area (Å²) in [6.45, 7) is 7.83. The lowest BCUT2D eigenvalue weighted by Crippen LogP contribution is -2.23. The lowest BCUT2D eigenvalue weighted by Gasteiger charge is -2.15. The lowest BCUT2D eigenvalue weighted by atomic mass is 10.1. The number of aryl methyl sites for hydroxylation is 3. The quantitative estimate of drug-likeness (QED) is 0.754. The number of nitrogens with zero attached hydrogens (tertiary/aromatic N) is 2. The minimum atomic E-state index is -0.319. The minimum absolute atomic E-state index is 0.0848. The number of nitrogen functional groups attached to an aromatic ring is 1. The van der Waals surface area contributed by atoms with Gasteiger partial charge in [-0.3, -0.25) is 4.79 Å². The van der Waals surface area contributed by atoms with Crippen molar-refractivity contribution in [3.05, 3.63) is 28.8 Å². The van der Waals surface area contributed by atoms with Crippen LogP contribution in [0, 0.1) is 20.8 Å². The number of nitrogens with one attached hydrogen (secondary N) is 2. The van der Waals surface area contributed by atoms with E-state index in [9.17, 15) is 4.79 Å². The molecule has 1 aromatic heterocycles. The fourth-order valence-electron chi connectivity index (χ4n) is 2.12. The maximum atomic E-state index is 12.3. The molecule has 1 aromatic carbocycles. The van der Waals surface area contributed by atoms with Crippen LogP contribution in [0.4, 0.5) is 11.6 Å². The third-order valence-electron chi connectivity index (χ3n) is 3.06. The zero-order valence-electron chi connectivity index (χ0n) is 12.5. The molecule has 1 atom stereocenters. The molecule has 0 radical (unpaired) electrons. The van der Waals surface area contributed by atoms with Gasteiger partial charge in [0.1, 0.15) is 0 Å². The van der Waals surface area contributed by atoms with Crippen LogP contribution >= 0.6 is 11.8 Å². The highest BCUT2D eigenvalue weighted by molar-refractivity contribution is 8.00. The Kier molecular flexibility index (Phi) is 4.52. The molecule has 7 heteroatoms. The Morgan fingerprint density at radius 1 is 1.33 bits per heavy atom. The second-order valence-corrected chi connectivity index (χ2v) is 6.33. The molecule has 6 nitrogen and oxygen atoms in total. The number of benzene rings is 1. The van der Waals surface area contributed by atoms with Crippen LogP contribution in [0.15, 0.2) is 17.3 Å². The van der Waals surface area contributed by atoms with E-state index in [0.717, 1.165) is 16.8 Å². The van der Waals surface area contributed by atoms with Crippen molar-refractivity contribution in [1.29, 1.82) is 0 Å². The van der Waals surface area contributed by atoms with Gasteiger partial charge in [-0.2, -0.15) is 4.98 Å². The van der Waals surface area contributed by atoms with Crippen LogP contribution < -0.4 is 11.1 Å². The van der Waals surface area contributed by atoms with Gasteiger partial charge in [0.25, 0.3) is 0 Å². The number of amides is 1. The van der Waals surface area contributed by atoms with Crippen molar-refractivity contribution in [3.8, 4) is 0 Å². The molecule has 0 saturated carbocycles. The zero-order chi connectivity index (χ0) is 15.6. The molecule has 1 heterocycles. The van der Waals surface area contributed by atoms with Crippen molar-refractivity contribution in [3.63, 3.8) is 0 Å². The molecule has 112 valence electrons. The van der Waals surface area contributed by atoms with Crippen LogP contribution in [0.1, 0.15) is 23.6 Å². The molecule has 0 fully saturated rings. The molecule has 1 amide bonds. The van der Waals surface area contributed by atoms with E-state index in [2.05, 4.69) is 32.6 Å². The van der Waals surface area contributed by atoms with Gasteiger partial charge >= 0.3 is 0 Å². The van der Waals surface area contributed by atoms with E-state index >= 15 is 0 Å². The standard InChI is InChI=1S/C14H19N5OS/c1-7-5-8(2)11(9(3)6-7)16-12(20)10(4)21-14-17-13(15)18-19-14/h5-6,10H,1-4H3,(H,16,20)(H3,15,17,18,19)/t10-/m0/s1. The van der Waals surface area contributed by atoms with Gasteiger partial charge in [-0.25, -0.2) is 5.10 Å². The number of anilines is 2. The van der Waals surface area contributed by atoms with Crippen molar-refractivity contribution in [2.75, 3.05) is 11.1 Å². The summed E-state index contributed by atoms with van der Waals surface area (Å²) in [5.41, 5.74) is 9.63. The van der Waals surface area contributed by atoms with Gasteiger partial charge in [-0.15, -0.1) is 5.10 Å². The first-order valence-corrected chi connectivity index (χ1v) is 7.48. The number of hydrogen-bond donors (Lipinski definition) is 3. The summed E-state index contributed by atoms with van der Waals surface area (Å²) in [6, 6.07) is 4.10. The van der Waals surface area contributed by atoms with E-state index in [0.29, 0.717) is 5.16 Å². The Hall–Kier alpha value is -2.02. The summed E-state index contributed by atoms with van der Waals surface area (Å²) in [6.07, 6.45) is 0. The highest BCUT2D eigenvalue weighted by Gasteiger charge is 2.18. The molecular formula is C14H19N5OS. The van der Waals surface area contributed by atoms with Crippen LogP contribution in [0.3, 0.4) is 0 Å². The van der Waals surface area contributed by atoms with E-state index in [1.54, 1.807) is 0 Å². The fourth-order valence-corrected chi connectivity index (χ4v) is 2.86. The van der Waals surface area contributed by atoms with Crippen LogP contribution in [-0.2, 0) is 4.79 Å². The summed E-state index contributed by atoms with van der Waals surface area (Å²) in [5.74, 6) is 0.161. The van der Waals surface area contributed by atoms with Gasteiger partial charge in [-0.05, 0) is 38.8 Å². The number of aromatic nitrogens is 3. The molecule has 0 bridgehead atoms. The topological polar surface area (TPSA) is 96.7 Å². The summed E-state index contributed by atoms with van der Waals surface area (Å²) in [7, 11) is 0. The van der Waals surface area contributed by atoms with Crippen molar-refractivity contribution in [1.82, 2.24) is 15.2 Å². The summed E-state index contributed by atoms with van der Waals surface area (Å²) in [4.78, 5) is 16.3. The Morgan fingerprint density at radius 2 is 1.95 bits per heavy atom. The average Bonchev–Trinajstić information content (AvgIpc) is 2.78. The molecule has 0 unspecified atom stereocenters. The summed E-state index contributed by atoms with van der Waals surface area (Å²) < 4.78 is 0. The molecule has 0 spiro atoms. The van der Waals surface area contributed by atoms with Crippen LogP contribution in [0.5, 0.6) is 0 Å². The predicted octanol–water partition coefficient (Wildman–Crippen LogP) is 2.43. The Bertz CT molecular complexity index is 644. The average molecular weight is 305 g/mol. The predicted molar refractivity (Wildman–Crippen MR) is 85.4 cm³/mol. The highest BCUT2D eigenvalue weighted by atomic mass is 32.2. The van der Waals surface area contributed by atoms with Gasteiger partial charge in [-0.1, -0.05) is 29.5 Å². The largest absolute Gasteiger partial charge is 0.368 e. The molecule has 21 heavy (non-hydrogen) atoms. The van der Waals surface area contributed by atoms with Crippen LogP contribution in [0.2, 0.25) is 0 Å². The van der Waals surface area contributed by atoms with Gasteiger partial charge in [0, 0.05) is 5.69 Å². The van der Waals surface area contributed by atoms with E-state index in [-0.39, 0.29) is 17.1 Å². The van der Waals surface area contributed by atoms with Gasteiger partial charge < -0.3 is 11.1 Å². The monoisotopic (exact) mass is 305 g/mol. The lowest BCUT2D eigenvalue weighted by molar-refractivity contribution is -0.115. The normalized spacial score (nSPS) is 12.2. The molecule has 0 aliphatic rings. The Morgan fingerprint density at radius 3 is 2.48 bits per heavy atom. The molecule has 0 aliphatic heterocycles. The maximum Gasteiger partial charge on any atom is 0.237 e. The molecule has 2 aromatic rings. The fraction of sp³-hybridized carbons (Fsp3) is 0.357. The van der Waals surface area contributed by atoms with Gasteiger partial charge in [0.15, 0.2) is 0 Å². The Labute approximate surface area is 127 Å². The highest BCUT2D eigenvalue weighted by Crippen LogP contribution is 2.25. The first-order chi connectivity index (χ1) is 9.86. The van der Waals surface area contributed by atoms with E-state index in [4.69, 9.17) is 5.73 Å². The smallest absolute Gasteiger partial charge is 0.237 e. The number of carbonyl (C=O) groups is 1. The number of thioether (sulfide) groups is 1. The third-order valence-corrected chi connectivity index (χ3v) is 4.02. The molecular weight excluding hydrogens is 286 g/mol. The first-order valence-electron chi connectivity index (χ1n) is 6.60. The van der Waals surface area contributed by atoms with Crippen molar-refractivity contribution >= 4 is 29.3 Å².